The molecule has 0 saturated heterocycles. The topological polar surface area (TPSA) is 141 Å². The monoisotopic (exact) mass is 564 g/mol. The molecule has 0 aliphatic rings. The first kappa shape index (κ1) is 27.1. The standard InChI is InChI=1S/C27H25FN6O5S/c1-13-5-16-7-18(37-4)11-31-23(16)19(6-13)25-33-21-8-20(28)24(34-26(21)40-25)38-14(2)15(3)39-27(36)32-17-9-29-22(12-35)30-10-17/h5-11,14-15,35H,12H2,1-4H3,(H,32,36)/t14-,15+/m0/s1. The second-order valence-corrected chi connectivity index (χ2v) is 9.96. The number of anilines is 1. The lowest BCUT2D eigenvalue weighted by Gasteiger charge is -2.21. The molecule has 40 heavy (non-hydrogen) atoms. The van der Waals surface area contributed by atoms with Crippen molar-refractivity contribution in [1.29, 1.82) is 0 Å². The molecule has 0 saturated carbocycles. The molecule has 13 heteroatoms. The summed E-state index contributed by atoms with van der Waals surface area (Å²) in [5.74, 6) is -0.0465. The van der Waals surface area contributed by atoms with Crippen LogP contribution in [0.5, 0.6) is 11.6 Å². The van der Waals surface area contributed by atoms with Crippen LogP contribution in [0, 0.1) is 12.7 Å². The van der Waals surface area contributed by atoms with Gasteiger partial charge >= 0.3 is 6.09 Å². The molecule has 0 bridgehead atoms. The van der Waals surface area contributed by atoms with E-state index >= 15 is 0 Å². The molecule has 5 aromatic rings. The van der Waals surface area contributed by atoms with Gasteiger partial charge in [0.2, 0.25) is 0 Å². The lowest BCUT2D eigenvalue weighted by atomic mass is 10.1. The van der Waals surface area contributed by atoms with Crippen LogP contribution < -0.4 is 14.8 Å². The van der Waals surface area contributed by atoms with Crippen molar-refractivity contribution < 1.29 is 28.5 Å². The fraction of sp³-hybridized carbons (Fsp3) is 0.259. The van der Waals surface area contributed by atoms with E-state index in [0.29, 0.717) is 21.1 Å². The van der Waals surface area contributed by atoms with Crippen LogP contribution in [0.15, 0.2) is 42.9 Å². The number of aliphatic hydroxyl groups is 1. The van der Waals surface area contributed by atoms with Crippen LogP contribution in [-0.4, -0.2) is 55.4 Å². The molecule has 0 aliphatic heterocycles. The highest BCUT2D eigenvalue weighted by Crippen LogP contribution is 2.36. The number of benzene rings is 1. The molecule has 1 amide bonds. The number of ether oxygens (including phenoxy) is 3. The van der Waals surface area contributed by atoms with Gasteiger partial charge in [-0.2, -0.15) is 4.98 Å². The Labute approximate surface area is 232 Å². The number of nitrogens with zero attached hydrogens (tertiary/aromatic N) is 5. The van der Waals surface area contributed by atoms with E-state index in [1.54, 1.807) is 27.2 Å². The third kappa shape index (κ3) is 5.75. The van der Waals surface area contributed by atoms with Gasteiger partial charge < -0.3 is 19.3 Å². The van der Waals surface area contributed by atoms with Crippen molar-refractivity contribution in [1.82, 2.24) is 24.9 Å². The Kier molecular flexibility index (Phi) is 7.67. The van der Waals surface area contributed by atoms with E-state index in [9.17, 15) is 9.18 Å². The molecule has 0 unspecified atom stereocenters. The van der Waals surface area contributed by atoms with Crippen LogP contribution in [-0.2, 0) is 11.3 Å². The van der Waals surface area contributed by atoms with Gasteiger partial charge in [-0.25, -0.2) is 24.1 Å². The number of aryl methyl sites for hydroxylation is 1. The first-order valence-corrected chi connectivity index (χ1v) is 13.0. The molecule has 0 fully saturated rings. The summed E-state index contributed by atoms with van der Waals surface area (Å²) < 4.78 is 31.3. The molecule has 0 radical (unpaired) electrons. The molecule has 11 nitrogen and oxygen atoms in total. The maximum atomic E-state index is 15.0. The third-order valence-corrected chi connectivity index (χ3v) is 7.02. The van der Waals surface area contributed by atoms with E-state index in [1.807, 2.05) is 25.1 Å². The van der Waals surface area contributed by atoms with Crippen LogP contribution in [0.25, 0.3) is 31.8 Å². The van der Waals surface area contributed by atoms with Crippen molar-refractivity contribution in [3.63, 3.8) is 0 Å². The molecule has 2 atom stereocenters. The van der Waals surface area contributed by atoms with E-state index in [1.165, 1.54) is 29.8 Å². The highest BCUT2D eigenvalue weighted by atomic mass is 32.1. The molecule has 0 spiro atoms. The zero-order valence-corrected chi connectivity index (χ0v) is 22.8. The van der Waals surface area contributed by atoms with Gasteiger partial charge in [-0.15, -0.1) is 0 Å². The molecule has 2 N–H and O–H groups in total. The number of halogens is 1. The summed E-state index contributed by atoms with van der Waals surface area (Å²) in [5.41, 5.74) is 3.25. The summed E-state index contributed by atoms with van der Waals surface area (Å²) in [6.45, 7) is 4.91. The van der Waals surface area contributed by atoms with Crippen molar-refractivity contribution in [2.24, 2.45) is 0 Å². The smallest absolute Gasteiger partial charge is 0.412 e. The van der Waals surface area contributed by atoms with Gasteiger partial charge in [0.25, 0.3) is 5.88 Å². The number of hydrogen-bond acceptors (Lipinski definition) is 11. The van der Waals surface area contributed by atoms with Crippen molar-refractivity contribution in [2.45, 2.75) is 39.6 Å². The predicted octanol–water partition coefficient (Wildman–Crippen LogP) is 5.05. The SMILES string of the molecule is COc1cnc2c(-c3nc4cc(F)c(O[C@@H](C)[C@@H](C)OC(=O)Nc5cnc(CO)nc5)nc4s3)cc(C)cc2c1. The average Bonchev–Trinajstić information content (AvgIpc) is 3.35. The van der Waals surface area contributed by atoms with E-state index in [2.05, 4.69) is 30.2 Å². The molecule has 4 heterocycles. The molecule has 0 aliphatic carbocycles. The number of aliphatic hydroxyl groups excluding tert-OH is 1. The lowest BCUT2D eigenvalue weighted by Crippen LogP contribution is -2.33. The number of amides is 1. The van der Waals surface area contributed by atoms with Crippen molar-refractivity contribution in [3.8, 4) is 22.2 Å². The minimum atomic E-state index is -0.768. The van der Waals surface area contributed by atoms with Crippen LogP contribution in [0.2, 0.25) is 0 Å². The first-order chi connectivity index (χ1) is 19.2. The minimum Gasteiger partial charge on any atom is -0.495 e. The summed E-state index contributed by atoms with van der Waals surface area (Å²) in [6, 6.07) is 7.17. The zero-order valence-electron chi connectivity index (χ0n) is 22.0. The Morgan fingerprint density at radius 2 is 1.85 bits per heavy atom. The zero-order chi connectivity index (χ0) is 28.4. The Morgan fingerprint density at radius 1 is 1.07 bits per heavy atom. The molecule has 1 aromatic carbocycles. The number of nitrogens with one attached hydrogen (secondary N) is 1. The third-order valence-electron chi connectivity index (χ3n) is 6.02. The second kappa shape index (κ2) is 11.3. The van der Waals surface area contributed by atoms with E-state index in [-0.39, 0.29) is 24.0 Å². The Balaban J connectivity index is 1.32. The number of hydrogen-bond donors (Lipinski definition) is 2. The quantitative estimate of drug-likeness (QED) is 0.263. The summed E-state index contributed by atoms with van der Waals surface area (Å²) in [6.07, 6.45) is 2.07. The van der Waals surface area contributed by atoms with Crippen LogP contribution >= 0.6 is 11.3 Å². The van der Waals surface area contributed by atoms with Crippen molar-refractivity contribution in [2.75, 3.05) is 12.4 Å². The number of thiazole rings is 1. The summed E-state index contributed by atoms with van der Waals surface area (Å²) in [5, 5.41) is 13.0. The van der Waals surface area contributed by atoms with E-state index in [0.717, 1.165) is 22.0 Å². The number of rotatable bonds is 8. The van der Waals surface area contributed by atoms with Crippen LogP contribution in [0.3, 0.4) is 0 Å². The summed E-state index contributed by atoms with van der Waals surface area (Å²) in [7, 11) is 1.59. The molecule has 4 aromatic heterocycles. The number of carbonyl (C=O) groups is 1. The molecular formula is C27H25FN6O5S. The van der Waals surface area contributed by atoms with Crippen molar-refractivity contribution in [3.05, 3.63) is 60.1 Å². The normalized spacial score (nSPS) is 12.8. The Morgan fingerprint density at radius 3 is 2.58 bits per heavy atom. The number of pyridine rings is 2. The van der Waals surface area contributed by atoms with E-state index < -0.39 is 24.1 Å². The maximum Gasteiger partial charge on any atom is 0.412 e. The van der Waals surface area contributed by atoms with E-state index in [4.69, 9.17) is 19.3 Å². The van der Waals surface area contributed by atoms with Gasteiger partial charge in [-0.1, -0.05) is 11.3 Å². The molecule has 206 valence electrons. The van der Waals surface area contributed by atoms with Gasteiger partial charge in [-0.3, -0.25) is 10.3 Å². The highest BCUT2D eigenvalue weighted by molar-refractivity contribution is 7.21. The number of aromatic nitrogens is 5. The fourth-order valence-electron chi connectivity index (χ4n) is 3.86. The van der Waals surface area contributed by atoms with Gasteiger partial charge in [0.1, 0.15) is 39.9 Å². The van der Waals surface area contributed by atoms with Gasteiger partial charge in [-0.05, 0) is 44.5 Å². The minimum absolute atomic E-state index is 0.221. The Bertz CT molecular complexity index is 1700. The summed E-state index contributed by atoms with van der Waals surface area (Å²) >= 11 is 1.29. The number of methoxy groups -OCH3 is 1. The molecule has 5 rings (SSSR count). The van der Waals surface area contributed by atoms with Gasteiger partial charge in [0.05, 0.1) is 36.9 Å². The Hall–Kier alpha value is -4.49. The van der Waals surface area contributed by atoms with Crippen LogP contribution in [0.1, 0.15) is 25.2 Å². The second-order valence-electron chi connectivity index (χ2n) is 8.98. The van der Waals surface area contributed by atoms with Crippen molar-refractivity contribution >= 4 is 44.4 Å². The maximum absolute atomic E-state index is 15.0. The first-order valence-electron chi connectivity index (χ1n) is 12.2. The largest absolute Gasteiger partial charge is 0.495 e. The lowest BCUT2D eigenvalue weighted by molar-refractivity contribution is 0.0379. The molecular weight excluding hydrogens is 539 g/mol. The summed E-state index contributed by atoms with van der Waals surface area (Å²) in [4.78, 5) is 34.0. The fourth-order valence-corrected chi connectivity index (χ4v) is 4.79. The van der Waals surface area contributed by atoms with Gasteiger partial charge in [0.15, 0.2) is 11.6 Å². The highest BCUT2D eigenvalue weighted by Gasteiger charge is 2.22. The van der Waals surface area contributed by atoms with Crippen LogP contribution in [0.4, 0.5) is 14.9 Å². The number of fused-ring (bicyclic) bond motifs is 2. The average molecular weight is 565 g/mol. The van der Waals surface area contributed by atoms with Gasteiger partial charge in [0, 0.05) is 17.0 Å². The predicted molar refractivity (Wildman–Crippen MR) is 147 cm³/mol. The number of carbonyl (C=O) groups excluding carboxylic acids is 1.